The summed E-state index contributed by atoms with van der Waals surface area (Å²) < 4.78 is 46.2. The van der Waals surface area contributed by atoms with Crippen LogP contribution in [-0.4, -0.2) is 50.7 Å². The van der Waals surface area contributed by atoms with Crippen LogP contribution in [0.15, 0.2) is 0 Å². The molecular formula is C32H61O6PS. The SMILES string of the molecule is CCCCCCCCOS(=O)(=O)OP(CCCCOC(C)=O)(C1CCCCC1)(C1CCCCC1)C1CCCCC1. The summed E-state index contributed by atoms with van der Waals surface area (Å²) in [5.41, 5.74) is 1.06. The Hall–Kier alpha value is -0.230. The maximum absolute atomic E-state index is 14.0. The van der Waals surface area contributed by atoms with E-state index in [1.165, 1.54) is 84.0 Å². The van der Waals surface area contributed by atoms with Gasteiger partial charge < -0.3 is 0 Å². The Labute approximate surface area is 246 Å². The van der Waals surface area contributed by atoms with Gasteiger partial charge in [-0.1, -0.05) is 0 Å². The summed E-state index contributed by atoms with van der Waals surface area (Å²) >= 11 is 0. The first-order valence-electron chi connectivity index (χ1n) is 17.1. The molecule has 0 spiro atoms. The summed E-state index contributed by atoms with van der Waals surface area (Å²) in [4.78, 5) is 11.5. The summed E-state index contributed by atoms with van der Waals surface area (Å²) in [6.07, 6.45) is 26.4. The second-order valence-electron chi connectivity index (χ2n) is 13.2. The van der Waals surface area contributed by atoms with E-state index in [-0.39, 0.29) is 12.6 Å². The molecule has 0 aromatic rings. The van der Waals surface area contributed by atoms with Crippen molar-refractivity contribution in [2.45, 2.75) is 179 Å². The Kier molecular flexibility index (Phi) is 14.7. The first kappa shape index (κ1) is 34.3. The molecule has 3 saturated carbocycles. The van der Waals surface area contributed by atoms with Crippen LogP contribution in [0.3, 0.4) is 0 Å². The van der Waals surface area contributed by atoms with Crippen molar-refractivity contribution in [1.82, 2.24) is 0 Å². The summed E-state index contributed by atoms with van der Waals surface area (Å²) in [6, 6.07) is 0. The molecule has 3 rings (SSSR count). The van der Waals surface area contributed by atoms with E-state index in [9.17, 15) is 13.2 Å². The molecule has 8 heteroatoms. The maximum atomic E-state index is 14.0. The number of hydrogen-bond acceptors (Lipinski definition) is 6. The van der Waals surface area contributed by atoms with E-state index in [1.807, 2.05) is 0 Å². The molecule has 0 unspecified atom stereocenters. The number of ether oxygens (including phenoxy) is 1. The molecule has 0 heterocycles. The zero-order valence-corrected chi connectivity index (χ0v) is 27.6. The predicted molar refractivity (Wildman–Crippen MR) is 168 cm³/mol. The van der Waals surface area contributed by atoms with Crippen molar-refractivity contribution < 1.29 is 26.1 Å². The molecule has 0 atom stereocenters. The summed E-state index contributed by atoms with van der Waals surface area (Å²) in [5, 5.41) is 0. The monoisotopic (exact) mass is 604 g/mol. The average Bonchev–Trinajstić information content (AvgIpc) is 2.97. The fourth-order valence-electron chi connectivity index (χ4n) is 8.72. The molecule has 0 saturated heterocycles. The number of rotatable bonds is 18. The van der Waals surface area contributed by atoms with Gasteiger partial charge in [-0.3, -0.25) is 0 Å². The van der Waals surface area contributed by atoms with E-state index in [2.05, 4.69) is 6.92 Å². The van der Waals surface area contributed by atoms with Crippen LogP contribution < -0.4 is 0 Å². The Bertz CT molecular complexity index is 780. The number of esters is 1. The van der Waals surface area contributed by atoms with Gasteiger partial charge in [0.25, 0.3) is 0 Å². The third-order valence-corrected chi connectivity index (χ3v) is 21.0. The van der Waals surface area contributed by atoms with Gasteiger partial charge in [-0.2, -0.15) is 0 Å². The van der Waals surface area contributed by atoms with Gasteiger partial charge in [0.15, 0.2) is 0 Å². The third-order valence-electron chi connectivity index (χ3n) is 10.5. The number of hydrogen-bond donors (Lipinski definition) is 0. The zero-order valence-electron chi connectivity index (χ0n) is 25.9. The van der Waals surface area contributed by atoms with Gasteiger partial charge >= 0.3 is 247 Å². The van der Waals surface area contributed by atoms with Gasteiger partial charge in [-0.15, -0.1) is 0 Å². The van der Waals surface area contributed by atoms with Crippen molar-refractivity contribution >= 4 is 23.2 Å². The fourth-order valence-corrected chi connectivity index (χ4v) is 21.2. The van der Waals surface area contributed by atoms with Gasteiger partial charge in [-0.05, 0) is 0 Å². The van der Waals surface area contributed by atoms with E-state index in [1.54, 1.807) is 0 Å². The van der Waals surface area contributed by atoms with E-state index in [0.717, 1.165) is 76.8 Å². The van der Waals surface area contributed by atoms with Gasteiger partial charge in [0.1, 0.15) is 0 Å². The van der Waals surface area contributed by atoms with Crippen LogP contribution in [0.1, 0.15) is 162 Å². The van der Waals surface area contributed by atoms with Crippen LogP contribution in [0.4, 0.5) is 0 Å². The van der Waals surface area contributed by atoms with Crippen molar-refractivity contribution in [3.8, 4) is 0 Å². The average molecular weight is 605 g/mol. The molecule has 0 radical (unpaired) electrons. The molecule has 3 aliphatic carbocycles. The topological polar surface area (TPSA) is 78.9 Å². The van der Waals surface area contributed by atoms with Crippen LogP contribution >= 0.6 is 6.83 Å². The minimum atomic E-state index is -4.13. The third kappa shape index (κ3) is 9.13. The fraction of sp³-hybridized carbons (Fsp3) is 0.969. The van der Waals surface area contributed by atoms with Gasteiger partial charge in [0.2, 0.25) is 0 Å². The van der Waals surface area contributed by atoms with E-state index in [4.69, 9.17) is 12.9 Å². The van der Waals surface area contributed by atoms with E-state index in [0.29, 0.717) is 23.6 Å². The molecule has 40 heavy (non-hydrogen) atoms. The van der Waals surface area contributed by atoms with E-state index >= 15 is 0 Å². The molecule has 0 N–H and O–H groups in total. The second kappa shape index (κ2) is 17.2. The first-order chi connectivity index (χ1) is 19.3. The molecule has 0 bridgehead atoms. The van der Waals surface area contributed by atoms with Crippen LogP contribution in [-0.2, 0) is 28.1 Å². The zero-order chi connectivity index (χ0) is 28.8. The Balaban J connectivity index is 1.95. The van der Waals surface area contributed by atoms with Gasteiger partial charge in [0, 0.05) is 0 Å². The molecule has 0 aromatic heterocycles. The van der Waals surface area contributed by atoms with Crippen molar-refractivity contribution in [3.63, 3.8) is 0 Å². The Morgan fingerprint density at radius 2 is 1.10 bits per heavy atom. The van der Waals surface area contributed by atoms with Crippen molar-refractivity contribution in [3.05, 3.63) is 0 Å². The van der Waals surface area contributed by atoms with Crippen molar-refractivity contribution in [2.75, 3.05) is 19.4 Å². The number of unbranched alkanes of at least 4 members (excludes halogenated alkanes) is 6. The second-order valence-corrected chi connectivity index (χ2v) is 20.3. The van der Waals surface area contributed by atoms with Crippen LogP contribution in [0.2, 0.25) is 0 Å². The standard InChI is InChI=1S/C32H61O6PS/c1-3-4-5-6-7-17-27-37-40(34,35)38-39(30-20-11-8-12-21-30,31-22-13-9-14-23-31,32-24-15-10-16-25-32)28-19-18-26-36-29(2)33/h30-32H,3-28H2,1-2H3. The number of carbonyl (C=O) groups excluding carboxylic acids is 1. The quantitative estimate of drug-likeness (QED) is 0.0881. The molecular weight excluding hydrogens is 543 g/mol. The summed E-state index contributed by atoms with van der Waals surface area (Å²) in [5.74, 6) is -0.244. The molecule has 0 aliphatic heterocycles. The molecule has 6 nitrogen and oxygen atoms in total. The van der Waals surface area contributed by atoms with Crippen LogP contribution in [0, 0.1) is 0 Å². The molecule has 3 fully saturated rings. The first-order valence-corrected chi connectivity index (χ1v) is 21.0. The van der Waals surface area contributed by atoms with Crippen molar-refractivity contribution in [1.29, 1.82) is 0 Å². The molecule has 0 amide bonds. The summed E-state index contributed by atoms with van der Waals surface area (Å²) in [6.45, 7) is 0.980. The number of carbonyl (C=O) groups is 1. The normalized spacial score (nSPS) is 21.6. The van der Waals surface area contributed by atoms with Gasteiger partial charge in [0.05, 0.1) is 0 Å². The van der Waals surface area contributed by atoms with Crippen LogP contribution in [0.5, 0.6) is 0 Å². The predicted octanol–water partition coefficient (Wildman–Crippen LogP) is 9.43. The molecule has 236 valence electrons. The Morgan fingerprint density at radius 3 is 1.57 bits per heavy atom. The molecule has 0 aromatic carbocycles. The minimum absolute atomic E-state index is 0.230. The summed E-state index contributed by atoms with van der Waals surface area (Å²) in [7, 11) is -4.13. The molecule has 3 aliphatic rings. The van der Waals surface area contributed by atoms with Crippen molar-refractivity contribution in [2.24, 2.45) is 0 Å². The van der Waals surface area contributed by atoms with E-state index < -0.39 is 17.2 Å². The van der Waals surface area contributed by atoms with Gasteiger partial charge in [-0.25, -0.2) is 0 Å². The Morgan fingerprint density at radius 1 is 0.650 bits per heavy atom. The van der Waals surface area contributed by atoms with Crippen LogP contribution in [0.25, 0.3) is 0 Å².